The smallest absolute Gasteiger partial charge is 0.224 e. The normalized spacial score (nSPS) is 10.4. The van der Waals surface area contributed by atoms with E-state index in [1.54, 1.807) is 60.7 Å². The van der Waals surface area contributed by atoms with E-state index in [-0.39, 0.29) is 19.1 Å². The summed E-state index contributed by atoms with van der Waals surface area (Å²) < 4.78 is 29.4. The zero-order valence-electron chi connectivity index (χ0n) is 16.9. The van der Waals surface area contributed by atoms with E-state index >= 15 is 0 Å². The molecule has 6 nitrogen and oxygen atoms in total. The molecule has 0 aliphatic heterocycles. The first-order chi connectivity index (χ1) is 14.6. The summed E-state index contributed by atoms with van der Waals surface area (Å²) in [6.45, 7) is 0.984. The largest absolute Gasteiger partial charge is 0.497 e. The van der Waals surface area contributed by atoms with Gasteiger partial charge in [-0.2, -0.15) is 0 Å². The maximum atomic E-state index is 12.6. The fraction of sp³-hybridized carbons (Fsp3) is 0.217. The molecule has 1 heterocycles. The lowest BCUT2D eigenvalue weighted by Crippen LogP contribution is -2.28. The van der Waals surface area contributed by atoms with Gasteiger partial charge in [0.15, 0.2) is 5.75 Å². The fourth-order valence-electron chi connectivity index (χ4n) is 2.92. The van der Waals surface area contributed by atoms with E-state index in [1.165, 1.54) is 6.92 Å². The summed E-state index contributed by atoms with van der Waals surface area (Å²) in [7, 11) is 1.56. The van der Waals surface area contributed by atoms with Gasteiger partial charge in [-0.05, 0) is 36.4 Å². The highest BCUT2D eigenvalue weighted by Gasteiger charge is 2.20. The summed E-state index contributed by atoms with van der Waals surface area (Å²) in [6.07, 6.45) is 1.63. The van der Waals surface area contributed by atoms with E-state index in [1.807, 2.05) is 18.2 Å². The minimum Gasteiger partial charge on any atom is -0.497 e. The van der Waals surface area contributed by atoms with E-state index in [4.69, 9.17) is 14.2 Å². The number of carbonyl (C=O) groups excluding carboxylic acids is 1. The Morgan fingerprint density at radius 2 is 1.87 bits per heavy atom. The summed E-state index contributed by atoms with van der Waals surface area (Å²) >= 11 is 0. The molecular weight excluding hydrogens is 387 g/mol. The third kappa shape index (κ3) is 5.26. The number of nitrogens with zero attached hydrogens (tertiary/aromatic N) is 2. The topological polar surface area (TPSA) is 60.9 Å². The summed E-state index contributed by atoms with van der Waals surface area (Å²) in [5.41, 5.74) is 1.26. The molecule has 30 heavy (non-hydrogen) atoms. The van der Waals surface area contributed by atoms with Crippen LogP contribution in [0.25, 0.3) is 0 Å². The monoisotopic (exact) mass is 410 g/mol. The number of anilines is 1. The number of amides is 1. The van der Waals surface area contributed by atoms with Crippen LogP contribution >= 0.6 is 0 Å². The van der Waals surface area contributed by atoms with Crippen LogP contribution in [-0.4, -0.2) is 31.3 Å². The highest BCUT2D eigenvalue weighted by Crippen LogP contribution is 2.34. The Bertz CT molecular complexity index is 982. The molecule has 0 aliphatic carbocycles. The maximum absolute atomic E-state index is 12.6. The van der Waals surface area contributed by atoms with Crippen LogP contribution < -0.4 is 19.1 Å². The summed E-state index contributed by atoms with van der Waals surface area (Å²) in [5, 5.41) is 0. The van der Waals surface area contributed by atoms with Crippen LogP contribution in [0.2, 0.25) is 0 Å². The van der Waals surface area contributed by atoms with Gasteiger partial charge in [-0.25, -0.2) is 9.37 Å². The lowest BCUT2D eigenvalue weighted by Gasteiger charge is -2.25. The van der Waals surface area contributed by atoms with Crippen LogP contribution in [0.3, 0.4) is 0 Å². The lowest BCUT2D eigenvalue weighted by atomic mass is 10.1. The van der Waals surface area contributed by atoms with Crippen LogP contribution in [0, 0.1) is 0 Å². The van der Waals surface area contributed by atoms with E-state index < -0.39 is 6.67 Å². The van der Waals surface area contributed by atoms with Crippen LogP contribution in [-0.2, 0) is 11.3 Å². The molecule has 0 N–H and O–H groups in total. The molecule has 0 unspecified atom stereocenters. The molecule has 0 saturated heterocycles. The SMILES string of the molecule is COc1ccc(OCCF)c(CN(C(C)=O)c2ccccc2Oc2ccccn2)c1. The van der Waals surface area contributed by atoms with Gasteiger partial charge in [-0.3, -0.25) is 4.79 Å². The number of hydrogen-bond acceptors (Lipinski definition) is 5. The van der Waals surface area contributed by atoms with Gasteiger partial charge in [-0.15, -0.1) is 0 Å². The predicted octanol–water partition coefficient (Wildman–Crippen LogP) is 4.78. The second-order valence-electron chi connectivity index (χ2n) is 6.35. The number of alkyl halides is 1. The Balaban J connectivity index is 1.95. The van der Waals surface area contributed by atoms with Crippen molar-refractivity contribution in [1.29, 1.82) is 0 Å². The van der Waals surface area contributed by atoms with Crippen LogP contribution in [0.1, 0.15) is 12.5 Å². The van der Waals surface area contributed by atoms with Crippen molar-refractivity contribution < 1.29 is 23.4 Å². The molecule has 0 atom stereocenters. The number of hydrogen-bond donors (Lipinski definition) is 0. The molecular formula is C23H23FN2O4. The van der Waals surface area contributed by atoms with Gasteiger partial charge in [0.2, 0.25) is 11.8 Å². The molecule has 1 amide bonds. The van der Waals surface area contributed by atoms with Gasteiger partial charge in [0, 0.05) is 24.8 Å². The second-order valence-corrected chi connectivity index (χ2v) is 6.35. The van der Waals surface area contributed by atoms with Crippen LogP contribution in [0.15, 0.2) is 66.9 Å². The highest BCUT2D eigenvalue weighted by molar-refractivity contribution is 5.93. The molecule has 0 radical (unpaired) electrons. The number of halogens is 1. The van der Waals surface area contributed by atoms with Gasteiger partial charge in [0.1, 0.15) is 24.8 Å². The minimum atomic E-state index is -0.608. The van der Waals surface area contributed by atoms with Crippen molar-refractivity contribution in [3.05, 3.63) is 72.4 Å². The number of aromatic nitrogens is 1. The number of para-hydroxylation sites is 2. The van der Waals surface area contributed by atoms with Crippen molar-refractivity contribution in [2.24, 2.45) is 0 Å². The van der Waals surface area contributed by atoms with Gasteiger partial charge in [-0.1, -0.05) is 18.2 Å². The van der Waals surface area contributed by atoms with Gasteiger partial charge < -0.3 is 19.1 Å². The standard InChI is InChI=1S/C23H23FN2O4/c1-17(27)26(16-18-15-19(28-2)10-11-21(18)29-14-12-24)20-7-3-4-8-22(20)30-23-9-5-6-13-25-23/h3-11,13,15H,12,14,16H2,1-2H3. The number of carbonyl (C=O) groups is 1. The Morgan fingerprint density at radius 1 is 1.07 bits per heavy atom. The van der Waals surface area contributed by atoms with Crippen molar-refractivity contribution in [2.75, 3.05) is 25.3 Å². The molecule has 3 rings (SSSR count). The molecule has 0 aliphatic rings. The second kappa shape index (κ2) is 10.2. The van der Waals surface area contributed by atoms with Gasteiger partial charge >= 0.3 is 0 Å². The molecule has 2 aromatic carbocycles. The first-order valence-electron chi connectivity index (χ1n) is 9.44. The average Bonchev–Trinajstić information content (AvgIpc) is 2.77. The Morgan fingerprint density at radius 3 is 2.57 bits per heavy atom. The molecule has 0 saturated carbocycles. The summed E-state index contributed by atoms with van der Waals surface area (Å²) in [6, 6.07) is 17.8. The molecule has 0 bridgehead atoms. The molecule has 0 spiro atoms. The number of methoxy groups -OCH3 is 1. The van der Waals surface area contributed by atoms with Crippen molar-refractivity contribution in [1.82, 2.24) is 4.98 Å². The number of pyridine rings is 1. The van der Waals surface area contributed by atoms with E-state index in [9.17, 15) is 9.18 Å². The maximum Gasteiger partial charge on any atom is 0.224 e. The van der Waals surface area contributed by atoms with E-state index in [0.717, 1.165) is 0 Å². The first-order valence-corrected chi connectivity index (χ1v) is 9.44. The van der Waals surface area contributed by atoms with Crippen molar-refractivity contribution >= 4 is 11.6 Å². The summed E-state index contributed by atoms with van der Waals surface area (Å²) in [5.74, 6) is 1.82. The van der Waals surface area contributed by atoms with Gasteiger partial charge in [0.25, 0.3) is 0 Å². The number of benzene rings is 2. The lowest BCUT2D eigenvalue weighted by molar-refractivity contribution is -0.116. The Hall–Kier alpha value is -3.61. The third-order valence-electron chi connectivity index (χ3n) is 4.32. The zero-order valence-corrected chi connectivity index (χ0v) is 16.9. The highest BCUT2D eigenvalue weighted by atomic mass is 19.1. The number of rotatable bonds is 9. The minimum absolute atomic E-state index is 0.0707. The number of ether oxygens (including phenoxy) is 3. The van der Waals surface area contributed by atoms with E-state index in [0.29, 0.717) is 34.4 Å². The fourth-order valence-corrected chi connectivity index (χ4v) is 2.92. The predicted molar refractivity (Wildman–Crippen MR) is 112 cm³/mol. The quantitative estimate of drug-likeness (QED) is 0.508. The zero-order chi connectivity index (χ0) is 21.3. The Labute approximate surface area is 174 Å². The van der Waals surface area contributed by atoms with Gasteiger partial charge in [0.05, 0.1) is 19.3 Å². The van der Waals surface area contributed by atoms with E-state index in [2.05, 4.69) is 4.98 Å². The summed E-state index contributed by atoms with van der Waals surface area (Å²) in [4.78, 5) is 18.3. The Kier molecular flexibility index (Phi) is 7.21. The molecule has 3 aromatic rings. The van der Waals surface area contributed by atoms with Crippen molar-refractivity contribution in [3.8, 4) is 23.1 Å². The van der Waals surface area contributed by atoms with Crippen molar-refractivity contribution in [3.63, 3.8) is 0 Å². The van der Waals surface area contributed by atoms with Crippen LogP contribution in [0.5, 0.6) is 23.1 Å². The molecule has 7 heteroatoms. The molecule has 156 valence electrons. The van der Waals surface area contributed by atoms with Crippen LogP contribution in [0.4, 0.5) is 10.1 Å². The molecule has 1 aromatic heterocycles. The van der Waals surface area contributed by atoms with Crippen molar-refractivity contribution in [2.45, 2.75) is 13.5 Å². The molecule has 0 fully saturated rings. The average molecular weight is 410 g/mol. The third-order valence-corrected chi connectivity index (χ3v) is 4.32. The first kappa shape index (κ1) is 21.1.